The molecule has 0 fully saturated rings. The van der Waals surface area contributed by atoms with Crippen LogP contribution < -0.4 is 4.74 Å². The van der Waals surface area contributed by atoms with Crippen molar-refractivity contribution in [3.63, 3.8) is 0 Å². The lowest BCUT2D eigenvalue weighted by Gasteiger charge is -2.16. The van der Waals surface area contributed by atoms with Crippen molar-refractivity contribution < 1.29 is 9.53 Å². The van der Waals surface area contributed by atoms with Crippen molar-refractivity contribution in [2.45, 2.75) is 6.54 Å². The van der Waals surface area contributed by atoms with Crippen LogP contribution in [0.15, 0.2) is 33.6 Å². The van der Waals surface area contributed by atoms with Gasteiger partial charge in [-0.1, -0.05) is 0 Å². The molecule has 2 rings (SSSR count). The molecule has 0 bridgehead atoms. The molecule has 0 aliphatic rings. The van der Waals surface area contributed by atoms with E-state index in [4.69, 9.17) is 4.74 Å². The molecule has 0 N–H and O–H groups in total. The average molecular weight is 341 g/mol. The van der Waals surface area contributed by atoms with Gasteiger partial charge in [-0.2, -0.15) is 0 Å². The second-order valence-corrected chi connectivity index (χ2v) is 5.56. The van der Waals surface area contributed by atoms with Crippen LogP contribution >= 0.6 is 27.3 Å². The van der Waals surface area contributed by atoms with Gasteiger partial charge in [-0.15, -0.1) is 11.3 Å². The standard InChI is InChI=1S/C13H13BrN2O2S/c1-16(6-10-7-19-8-15-10)13(17)9-3-4-12(18-2)11(14)5-9/h3-5,7-8H,6H2,1-2H3. The SMILES string of the molecule is COc1ccc(C(=O)N(C)Cc2cscn2)cc1Br. The largest absolute Gasteiger partial charge is 0.496 e. The molecule has 100 valence electrons. The zero-order valence-corrected chi connectivity index (χ0v) is 13.0. The van der Waals surface area contributed by atoms with Gasteiger partial charge in [0.15, 0.2) is 0 Å². The highest BCUT2D eigenvalue weighted by molar-refractivity contribution is 9.10. The topological polar surface area (TPSA) is 42.4 Å². The molecule has 19 heavy (non-hydrogen) atoms. The third-order valence-electron chi connectivity index (χ3n) is 2.63. The Labute approximate surface area is 124 Å². The summed E-state index contributed by atoms with van der Waals surface area (Å²) in [4.78, 5) is 18.1. The Kier molecular flexibility index (Phi) is 4.55. The molecule has 1 heterocycles. The van der Waals surface area contributed by atoms with Crippen LogP contribution in [0.5, 0.6) is 5.75 Å². The highest BCUT2D eigenvalue weighted by Crippen LogP contribution is 2.26. The summed E-state index contributed by atoms with van der Waals surface area (Å²) >= 11 is 4.90. The minimum atomic E-state index is -0.0450. The number of rotatable bonds is 4. The van der Waals surface area contributed by atoms with Gasteiger partial charge in [0.05, 0.1) is 29.3 Å². The quantitative estimate of drug-likeness (QED) is 0.858. The first kappa shape index (κ1) is 14.0. The summed E-state index contributed by atoms with van der Waals surface area (Å²) in [6.45, 7) is 0.506. The number of nitrogens with zero attached hydrogens (tertiary/aromatic N) is 2. The molecule has 4 nitrogen and oxygen atoms in total. The normalized spacial score (nSPS) is 10.3. The van der Waals surface area contributed by atoms with Gasteiger partial charge in [-0.25, -0.2) is 4.98 Å². The monoisotopic (exact) mass is 340 g/mol. The van der Waals surface area contributed by atoms with Gasteiger partial charge >= 0.3 is 0 Å². The van der Waals surface area contributed by atoms with Crippen LogP contribution in [0, 0.1) is 0 Å². The number of methoxy groups -OCH3 is 1. The number of hydrogen-bond donors (Lipinski definition) is 0. The van der Waals surface area contributed by atoms with E-state index < -0.39 is 0 Å². The van der Waals surface area contributed by atoms with E-state index in [0.29, 0.717) is 17.9 Å². The lowest BCUT2D eigenvalue weighted by atomic mass is 10.2. The number of aromatic nitrogens is 1. The number of ether oxygens (including phenoxy) is 1. The first-order valence-corrected chi connectivity index (χ1v) is 7.31. The summed E-state index contributed by atoms with van der Waals surface area (Å²) in [7, 11) is 3.36. The van der Waals surface area contributed by atoms with E-state index in [0.717, 1.165) is 10.2 Å². The predicted octanol–water partition coefficient (Wildman–Crippen LogP) is 3.19. The second-order valence-electron chi connectivity index (χ2n) is 3.99. The fourth-order valence-electron chi connectivity index (χ4n) is 1.65. The Balaban J connectivity index is 2.12. The number of hydrogen-bond acceptors (Lipinski definition) is 4. The van der Waals surface area contributed by atoms with E-state index in [1.54, 1.807) is 42.8 Å². The van der Waals surface area contributed by atoms with Crippen molar-refractivity contribution in [2.24, 2.45) is 0 Å². The van der Waals surface area contributed by atoms with Gasteiger partial charge in [0, 0.05) is 18.0 Å². The minimum absolute atomic E-state index is 0.0450. The first-order valence-electron chi connectivity index (χ1n) is 5.58. The van der Waals surface area contributed by atoms with Gasteiger partial charge in [0.1, 0.15) is 5.75 Å². The first-order chi connectivity index (χ1) is 9.11. The van der Waals surface area contributed by atoms with Gasteiger partial charge in [0.25, 0.3) is 5.91 Å². The van der Waals surface area contributed by atoms with Gasteiger partial charge in [-0.05, 0) is 34.1 Å². The van der Waals surface area contributed by atoms with Crippen LogP contribution in [0.4, 0.5) is 0 Å². The van der Waals surface area contributed by atoms with E-state index in [9.17, 15) is 4.79 Å². The fourth-order valence-corrected chi connectivity index (χ4v) is 2.74. The zero-order chi connectivity index (χ0) is 13.8. The molecule has 0 aliphatic carbocycles. The van der Waals surface area contributed by atoms with Crippen molar-refractivity contribution in [1.29, 1.82) is 0 Å². The van der Waals surface area contributed by atoms with Crippen LogP contribution in [0.3, 0.4) is 0 Å². The molecule has 0 atom stereocenters. The summed E-state index contributed by atoms with van der Waals surface area (Å²) in [5, 5.41) is 1.94. The van der Waals surface area contributed by atoms with Crippen LogP contribution in [-0.2, 0) is 6.54 Å². The molecular weight excluding hydrogens is 328 g/mol. The fraction of sp³-hybridized carbons (Fsp3) is 0.231. The number of carbonyl (C=O) groups excluding carboxylic acids is 1. The maximum atomic E-state index is 12.3. The van der Waals surface area contributed by atoms with Crippen LogP contribution in [-0.4, -0.2) is 29.9 Å². The highest BCUT2D eigenvalue weighted by Gasteiger charge is 2.14. The Morgan fingerprint density at radius 2 is 2.32 bits per heavy atom. The number of amides is 1. The smallest absolute Gasteiger partial charge is 0.253 e. The Hall–Kier alpha value is -1.40. The number of carbonyl (C=O) groups is 1. The van der Waals surface area contributed by atoms with Crippen molar-refractivity contribution >= 4 is 33.2 Å². The van der Waals surface area contributed by atoms with E-state index >= 15 is 0 Å². The lowest BCUT2D eigenvalue weighted by molar-refractivity contribution is 0.0783. The Morgan fingerprint density at radius 3 is 2.89 bits per heavy atom. The number of thiazole rings is 1. The molecule has 0 unspecified atom stereocenters. The maximum absolute atomic E-state index is 12.3. The van der Waals surface area contributed by atoms with E-state index in [1.807, 2.05) is 5.38 Å². The molecule has 1 aromatic heterocycles. The molecule has 6 heteroatoms. The van der Waals surface area contributed by atoms with Crippen LogP contribution in [0.25, 0.3) is 0 Å². The molecule has 0 aliphatic heterocycles. The molecule has 1 amide bonds. The maximum Gasteiger partial charge on any atom is 0.253 e. The van der Waals surface area contributed by atoms with Gasteiger partial charge < -0.3 is 9.64 Å². The second kappa shape index (κ2) is 6.16. The summed E-state index contributed by atoms with van der Waals surface area (Å²) < 4.78 is 5.91. The molecule has 0 spiro atoms. The van der Waals surface area contributed by atoms with E-state index in [2.05, 4.69) is 20.9 Å². The number of halogens is 1. The van der Waals surface area contributed by atoms with Crippen LogP contribution in [0.1, 0.15) is 16.1 Å². The Morgan fingerprint density at radius 1 is 1.53 bits per heavy atom. The van der Waals surface area contributed by atoms with E-state index in [1.165, 1.54) is 11.3 Å². The molecular formula is C13H13BrN2O2S. The molecule has 2 aromatic rings. The Bertz CT molecular complexity index is 572. The van der Waals surface area contributed by atoms with Gasteiger partial charge in [0.2, 0.25) is 0 Å². The third kappa shape index (κ3) is 3.33. The molecule has 1 aromatic carbocycles. The summed E-state index contributed by atoms with van der Waals surface area (Å²) in [6, 6.07) is 5.29. The van der Waals surface area contributed by atoms with Crippen molar-refractivity contribution in [3.05, 3.63) is 44.8 Å². The predicted molar refractivity (Wildman–Crippen MR) is 78.6 cm³/mol. The summed E-state index contributed by atoms with van der Waals surface area (Å²) in [6.07, 6.45) is 0. The van der Waals surface area contributed by atoms with E-state index in [-0.39, 0.29) is 5.91 Å². The molecule has 0 saturated carbocycles. The van der Waals surface area contributed by atoms with Crippen molar-refractivity contribution in [2.75, 3.05) is 14.2 Å². The zero-order valence-electron chi connectivity index (χ0n) is 10.6. The summed E-state index contributed by atoms with van der Waals surface area (Å²) in [5.74, 6) is 0.662. The van der Waals surface area contributed by atoms with Gasteiger partial charge in [-0.3, -0.25) is 4.79 Å². The van der Waals surface area contributed by atoms with Crippen molar-refractivity contribution in [1.82, 2.24) is 9.88 Å². The molecule has 0 saturated heterocycles. The van der Waals surface area contributed by atoms with Crippen molar-refractivity contribution in [3.8, 4) is 5.75 Å². The average Bonchev–Trinajstić information content (AvgIpc) is 2.90. The number of benzene rings is 1. The lowest BCUT2D eigenvalue weighted by Crippen LogP contribution is -2.26. The van der Waals surface area contributed by atoms with Crippen LogP contribution in [0.2, 0.25) is 0 Å². The third-order valence-corrected chi connectivity index (χ3v) is 3.88. The summed E-state index contributed by atoms with van der Waals surface area (Å²) in [5.41, 5.74) is 3.27. The highest BCUT2D eigenvalue weighted by atomic mass is 79.9. The molecule has 0 radical (unpaired) electrons. The minimum Gasteiger partial charge on any atom is -0.496 e.